The smallest absolute Gasteiger partial charge is 0.262 e. The fourth-order valence-corrected chi connectivity index (χ4v) is 5.63. The topological polar surface area (TPSA) is 68.5 Å². The van der Waals surface area contributed by atoms with Crippen molar-refractivity contribution >= 4 is 28.7 Å². The van der Waals surface area contributed by atoms with Gasteiger partial charge in [-0.15, -0.1) is 0 Å². The lowest BCUT2D eigenvalue weighted by Crippen LogP contribution is -2.30. The van der Waals surface area contributed by atoms with Crippen LogP contribution in [0.3, 0.4) is 0 Å². The Bertz CT molecular complexity index is 1240. The van der Waals surface area contributed by atoms with Gasteiger partial charge < -0.3 is 14.8 Å². The van der Waals surface area contributed by atoms with Crippen LogP contribution in [0.5, 0.6) is 11.5 Å². The highest BCUT2D eigenvalue weighted by atomic mass is 32.1. The van der Waals surface area contributed by atoms with Gasteiger partial charge >= 0.3 is 0 Å². The third-order valence-electron chi connectivity index (χ3n) is 7.26. The summed E-state index contributed by atoms with van der Waals surface area (Å²) in [6.45, 7) is 6.93. The summed E-state index contributed by atoms with van der Waals surface area (Å²) in [6, 6.07) is 13.1. The number of para-hydroxylation sites is 1. The highest BCUT2D eigenvalue weighted by molar-refractivity contribution is 7.09. The predicted molar refractivity (Wildman–Crippen MR) is 172 cm³/mol. The van der Waals surface area contributed by atoms with Crippen molar-refractivity contribution < 1.29 is 23.6 Å². The maximum atomic E-state index is 12.7. The largest absolute Gasteiger partial charge is 0.489 e. The molecule has 1 aromatic heterocycles. The van der Waals surface area contributed by atoms with Gasteiger partial charge in [-0.3, -0.25) is 9.59 Å². The minimum atomic E-state index is -0.272. The van der Waals surface area contributed by atoms with Gasteiger partial charge in [0.25, 0.3) is 5.91 Å². The molecule has 0 aliphatic carbocycles. The summed E-state index contributed by atoms with van der Waals surface area (Å²) in [6.07, 6.45) is 17.4. The Kier molecular flexibility index (Phi) is 15.1. The maximum absolute atomic E-state index is 12.7. The number of unbranched alkanes of at least 4 members (excludes halogenated alkanes) is 11. The Balaban J connectivity index is 1.41. The molecule has 0 unspecified atom stereocenters. The fraction of sp³-hybridized carbons (Fsp3) is 0.514. The first-order chi connectivity index (χ1) is 20.5. The van der Waals surface area contributed by atoms with Crippen LogP contribution in [0.1, 0.15) is 112 Å². The van der Waals surface area contributed by atoms with Crippen LogP contribution in [0.25, 0.3) is 0 Å². The van der Waals surface area contributed by atoms with E-state index in [1.807, 2.05) is 24.3 Å². The van der Waals surface area contributed by atoms with E-state index in [9.17, 15) is 9.59 Å². The second-order valence-electron chi connectivity index (χ2n) is 11.1. The molecule has 0 saturated heterocycles. The molecular weight excluding hydrogens is 544 g/mol. The summed E-state index contributed by atoms with van der Waals surface area (Å²) in [4.78, 5) is 26.3. The number of nitrogens with one attached hydrogen (secondary N) is 1. The van der Waals surface area contributed by atoms with Crippen molar-refractivity contribution in [1.82, 2.24) is 0 Å². The van der Waals surface area contributed by atoms with E-state index < -0.39 is 0 Å². The number of benzene rings is 2. The lowest BCUT2D eigenvalue weighted by atomic mass is 10.1. The quantitative estimate of drug-likeness (QED) is 0.0762. The van der Waals surface area contributed by atoms with E-state index in [-0.39, 0.29) is 18.3 Å². The normalized spacial score (nSPS) is 10.9. The van der Waals surface area contributed by atoms with Gasteiger partial charge in [0.2, 0.25) is 5.51 Å². The van der Waals surface area contributed by atoms with Gasteiger partial charge in [-0.25, -0.2) is 0 Å². The molecule has 2 aromatic carbocycles. The van der Waals surface area contributed by atoms with E-state index in [0.29, 0.717) is 23.7 Å². The summed E-state index contributed by atoms with van der Waals surface area (Å²) in [5.41, 5.74) is 4.37. The van der Waals surface area contributed by atoms with Crippen LogP contribution in [0.15, 0.2) is 54.2 Å². The van der Waals surface area contributed by atoms with Crippen LogP contribution in [-0.2, 0) is 11.3 Å². The Morgan fingerprint density at radius 2 is 1.52 bits per heavy atom. The van der Waals surface area contributed by atoms with Crippen LogP contribution in [-0.4, -0.2) is 24.9 Å². The first-order valence-electron chi connectivity index (χ1n) is 15.7. The van der Waals surface area contributed by atoms with Crippen LogP contribution in [0.4, 0.5) is 5.69 Å². The summed E-state index contributed by atoms with van der Waals surface area (Å²) < 4.78 is 14.1. The fourth-order valence-electron chi connectivity index (χ4n) is 5.00. The SMILES string of the molecule is CCCCCCCCCCCCCCOc1c(OCC(=O)Nc2cccc(C[n+]3csc(C)c3)c2)cccc1C(C)=O. The molecule has 0 fully saturated rings. The molecule has 0 radical (unpaired) electrons. The number of hydrogen-bond donors (Lipinski definition) is 1. The minimum absolute atomic E-state index is 0.0925. The average Bonchev–Trinajstić information content (AvgIpc) is 3.38. The van der Waals surface area contributed by atoms with Crippen LogP contribution < -0.4 is 19.4 Å². The third kappa shape index (κ3) is 12.4. The summed E-state index contributed by atoms with van der Waals surface area (Å²) in [5.74, 6) is 0.470. The monoisotopic (exact) mass is 593 g/mol. The molecule has 1 amide bonds. The van der Waals surface area contributed by atoms with Gasteiger partial charge in [0.05, 0.1) is 17.0 Å². The Labute approximate surface area is 256 Å². The Morgan fingerprint density at radius 1 is 0.857 bits per heavy atom. The number of amides is 1. The van der Waals surface area contributed by atoms with Crippen molar-refractivity contribution in [3.05, 3.63) is 70.2 Å². The molecule has 1 N–H and O–H groups in total. The molecule has 7 heteroatoms. The van der Waals surface area contributed by atoms with Crippen molar-refractivity contribution in [2.24, 2.45) is 0 Å². The van der Waals surface area contributed by atoms with Crippen molar-refractivity contribution in [3.63, 3.8) is 0 Å². The van der Waals surface area contributed by atoms with Crippen LogP contribution in [0.2, 0.25) is 0 Å². The third-order valence-corrected chi connectivity index (χ3v) is 8.11. The number of rotatable bonds is 21. The second-order valence-corrected chi connectivity index (χ2v) is 12.2. The van der Waals surface area contributed by atoms with Crippen molar-refractivity contribution in [1.29, 1.82) is 0 Å². The number of ketones is 1. The van der Waals surface area contributed by atoms with E-state index in [4.69, 9.17) is 9.47 Å². The number of aromatic nitrogens is 1. The summed E-state index contributed by atoms with van der Waals surface area (Å²) in [7, 11) is 0. The molecule has 42 heavy (non-hydrogen) atoms. The van der Waals surface area contributed by atoms with E-state index in [1.165, 1.54) is 76.0 Å². The van der Waals surface area contributed by atoms with Gasteiger partial charge in [0.15, 0.2) is 36.6 Å². The standard InChI is InChI=1S/C35H48N2O4S/c1-4-5-6-7-8-9-10-11-12-13-14-15-22-40-35-32(29(3)38)20-17-21-33(35)41-26-34(39)36-31-19-16-18-30(23-31)25-37-24-28(2)42-27-37/h16-21,23-24,27H,4-15,22,25-26H2,1-3H3/p+1. The van der Waals surface area contributed by atoms with E-state index in [1.54, 1.807) is 29.5 Å². The highest BCUT2D eigenvalue weighted by Gasteiger charge is 2.16. The van der Waals surface area contributed by atoms with Crippen LogP contribution in [0, 0.1) is 6.92 Å². The van der Waals surface area contributed by atoms with Gasteiger partial charge in [-0.05, 0) is 44.5 Å². The first-order valence-corrected chi connectivity index (χ1v) is 16.6. The van der Waals surface area contributed by atoms with E-state index >= 15 is 0 Å². The molecule has 0 atom stereocenters. The van der Waals surface area contributed by atoms with Gasteiger partial charge in [0, 0.05) is 11.3 Å². The second kappa shape index (κ2) is 19.1. The molecule has 228 valence electrons. The highest BCUT2D eigenvalue weighted by Crippen LogP contribution is 2.32. The molecule has 6 nitrogen and oxygen atoms in total. The lowest BCUT2D eigenvalue weighted by molar-refractivity contribution is -0.683. The average molecular weight is 594 g/mol. The molecular formula is C35H49N2O4S+. The summed E-state index contributed by atoms with van der Waals surface area (Å²) in [5, 5.41) is 2.92. The lowest BCUT2D eigenvalue weighted by Gasteiger charge is -2.15. The molecule has 0 bridgehead atoms. The molecule has 0 spiro atoms. The molecule has 0 aliphatic rings. The number of aryl methyl sites for hydroxylation is 1. The number of thiazole rings is 1. The van der Waals surface area contributed by atoms with Gasteiger partial charge in [-0.1, -0.05) is 107 Å². The molecule has 3 aromatic rings. The first kappa shape index (κ1) is 33.3. The predicted octanol–water partition coefficient (Wildman–Crippen LogP) is 8.69. The van der Waals surface area contributed by atoms with E-state index in [0.717, 1.165) is 30.6 Å². The van der Waals surface area contributed by atoms with Crippen molar-refractivity contribution in [3.8, 4) is 11.5 Å². The molecule has 1 heterocycles. The van der Waals surface area contributed by atoms with Crippen molar-refractivity contribution in [2.45, 2.75) is 104 Å². The van der Waals surface area contributed by atoms with Crippen molar-refractivity contribution in [2.75, 3.05) is 18.5 Å². The van der Waals surface area contributed by atoms with E-state index in [2.05, 4.69) is 35.4 Å². The molecule has 3 rings (SSSR count). The number of ether oxygens (including phenoxy) is 2. The van der Waals surface area contributed by atoms with Gasteiger partial charge in [0.1, 0.15) is 0 Å². The Hall–Kier alpha value is -3.19. The number of anilines is 1. The molecule has 0 aliphatic heterocycles. The maximum Gasteiger partial charge on any atom is 0.262 e. The van der Waals surface area contributed by atoms with Crippen LogP contribution >= 0.6 is 11.3 Å². The number of Topliss-reactive ketones (excluding diaryl/α,β-unsaturated/α-hetero) is 1. The minimum Gasteiger partial charge on any atom is -0.489 e. The zero-order valence-electron chi connectivity index (χ0n) is 25.8. The number of carbonyl (C=O) groups is 2. The number of hydrogen-bond acceptors (Lipinski definition) is 5. The molecule has 0 saturated carbocycles. The number of carbonyl (C=O) groups excluding carboxylic acids is 2. The zero-order valence-corrected chi connectivity index (χ0v) is 26.6. The Morgan fingerprint density at radius 3 is 2.17 bits per heavy atom. The summed E-state index contributed by atoms with van der Waals surface area (Å²) >= 11 is 1.71. The zero-order chi connectivity index (χ0) is 30.0. The number of nitrogens with zero attached hydrogens (tertiary/aromatic N) is 1. The van der Waals surface area contributed by atoms with Gasteiger partial charge in [-0.2, -0.15) is 4.57 Å².